The number of aliphatic hydroxyl groups excluding tert-OH is 1. The summed E-state index contributed by atoms with van der Waals surface area (Å²) in [6, 6.07) is 8.99. The Hall–Kier alpha value is -2.17. The second-order valence-electron chi connectivity index (χ2n) is 3.80. The lowest BCUT2D eigenvalue weighted by molar-refractivity contribution is -0.138. The average molecular weight is 262 g/mol. The van der Waals surface area contributed by atoms with Gasteiger partial charge >= 0.3 is 5.97 Å². The van der Waals surface area contributed by atoms with Crippen LogP contribution in [0.15, 0.2) is 52.0 Å². The van der Waals surface area contributed by atoms with Crippen LogP contribution in [0, 0.1) is 0 Å². The minimum Gasteiger partial charge on any atom is -0.510 e. The molecule has 0 aliphatic carbocycles. The van der Waals surface area contributed by atoms with E-state index in [0.29, 0.717) is 18.5 Å². The Morgan fingerprint density at radius 2 is 1.95 bits per heavy atom. The van der Waals surface area contributed by atoms with Gasteiger partial charge in [-0.05, 0) is 25.5 Å². The number of ether oxygens (including phenoxy) is 1. The van der Waals surface area contributed by atoms with Crippen molar-refractivity contribution in [2.24, 2.45) is 10.2 Å². The standard InChI is InChI=1S/C14H18N2O3/c1-3-8-12(17)13(14(18)19-4-2)16-15-11-9-6-5-7-10-11/h5-7,9-10,17H,3-4,8H2,1-2H3. The molecular weight excluding hydrogens is 244 g/mol. The summed E-state index contributed by atoms with van der Waals surface area (Å²) in [7, 11) is 0. The fourth-order valence-corrected chi connectivity index (χ4v) is 1.37. The van der Waals surface area contributed by atoms with E-state index >= 15 is 0 Å². The van der Waals surface area contributed by atoms with E-state index in [2.05, 4.69) is 10.2 Å². The summed E-state index contributed by atoms with van der Waals surface area (Å²) in [5.74, 6) is -0.756. The van der Waals surface area contributed by atoms with Crippen molar-refractivity contribution in [3.05, 3.63) is 41.8 Å². The highest BCUT2D eigenvalue weighted by molar-refractivity contribution is 5.88. The Morgan fingerprint density at radius 1 is 1.26 bits per heavy atom. The van der Waals surface area contributed by atoms with Crippen LogP contribution in [0.1, 0.15) is 26.7 Å². The van der Waals surface area contributed by atoms with E-state index in [1.54, 1.807) is 19.1 Å². The molecule has 1 aromatic rings. The van der Waals surface area contributed by atoms with Crippen LogP contribution in [0.2, 0.25) is 0 Å². The zero-order valence-corrected chi connectivity index (χ0v) is 11.2. The van der Waals surface area contributed by atoms with E-state index in [1.807, 2.05) is 25.1 Å². The van der Waals surface area contributed by atoms with Crippen molar-refractivity contribution in [1.29, 1.82) is 0 Å². The Labute approximate surface area is 112 Å². The molecule has 102 valence electrons. The van der Waals surface area contributed by atoms with Crippen LogP contribution >= 0.6 is 0 Å². The maximum Gasteiger partial charge on any atom is 0.362 e. The molecule has 0 fully saturated rings. The van der Waals surface area contributed by atoms with E-state index in [-0.39, 0.29) is 18.1 Å². The Kier molecular flexibility index (Phi) is 6.29. The highest BCUT2D eigenvalue weighted by Gasteiger charge is 2.16. The predicted molar refractivity (Wildman–Crippen MR) is 72.2 cm³/mol. The summed E-state index contributed by atoms with van der Waals surface area (Å²) < 4.78 is 4.85. The number of aliphatic hydroxyl groups is 1. The maximum absolute atomic E-state index is 11.7. The largest absolute Gasteiger partial charge is 0.510 e. The number of hydrogen-bond acceptors (Lipinski definition) is 5. The molecule has 1 aromatic carbocycles. The lowest BCUT2D eigenvalue weighted by Gasteiger charge is -2.04. The average Bonchev–Trinajstić information content (AvgIpc) is 2.41. The molecule has 0 amide bonds. The highest BCUT2D eigenvalue weighted by Crippen LogP contribution is 2.16. The second kappa shape index (κ2) is 8.02. The third-order valence-corrected chi connectivity index (χ3v) is 2.25. The number of esters is 1. The van der Waals surface area contributed by atoms with Crippen LogP contribution in [-0.2, 0) is 9.53 Å². The van der Waals surface area contributed by atoms with Crippen molar-refractivity contribution in [3.8, 4) is 0 Å². The van der Waals surface area contributed by atoms with Gasteiger partial charge in [-0.3, -0.25) is 0 Å². The van der Waals surface area contributed by atoms with Crippen molar-refractivity contribution in [3.63, 3.8) is 0 Å². The molecule has 0 bridgehead atoms. The zero-order valence-electron chi connectivity index (χ0n) is 11.2. The Morgan fingerprint density at radius 3 is 2.53 bits per heavy atom. The summed E-state index contributed by atoms with van der Waals surface area (Å²) in [4.78, 5) is 11.7. The van der Waals surface area contributed by atoms with Gasteiger partial charge in [-0.25, -0.2) is 4.79 Å². The zero-order chi connectivity index (χ0) is 14.1. The second-order valence-corrected chi connectivity index (χ2v) is 3.80. The van der Waals surface area contributed by atoms with Crippen molar-refractivity contribution in [2.75, 3.05) is 6.61 Å². The summed E-state index contributed by atoms with van der Waals surface area (Å²) in [5.41, 5.74) is 0.473. The molecular formula is C14H18N2O3. The van der Waals surface area contributed by atoms with Crippen LogP contribution in [0.4, 0.5) is 5.69 Å². The van der Waals surface area contributed by atoms with E-state index < -0.39 is 5.97 Å². The van der Waals surface area contributed by atoms with Crippen molar-refractivity contribution < 1.29 is 14.6 Å². The van der Waals surface area contributed by atoms with Crippen LogP contribution in [0.25, 0.3) is 0 Å². The molecule has 0 heterocycles. The summed E-state index contributed by atoms with van der Waals surface area (Å²) in [6.07, 6.45) is 1.07. The van der Waals surface area contributed by atoms with Crippen LogP contribution in [0.5, 0.6) is 0 Å². The summed E-state index contributed by atoms with van der Waals surface area (Å²) >= 11 is 0. The first-order valence-electron chi connectivity index (χ1n) is 6.25. The van der Waals surface area contributed by atoms with Gasteiger partial charge in [0.1, 0.15) is 5.76 Å². The first kappa shape index (κ1) is 14.9. The number of rotatable bonds is 6. The minimum atomic E-state index is -0.659. The quantitative estimate of drug-likeness (QED) is 0.366. The van der Waals surface area contributed by atoms with Crippen LogP contribution in [0.3, 0.4) is 0 Å². The first-order chi connectivity index (χ1) is 9.19. The lowest BCUT2D eigenvalue weighted by atomic mass is 10.2. The molecule has 1 N–H and O–H groups in total. The van der Waals surface area contributed by atoms with Gasteiger partial charge in [0.2, 0.25) is 5.70 Å². The Bertz CT molecular complexity index is 467. The fraction of sp³-hybridized carbons (Fsp3) is 0.357. The summed E-state index contributed by atoms with van der Waals surface area (Å²) in [5, 5.41) is 17.5. The lowest BCUT2D eigenvalue weighted by Crippen LogP contribution is -2.08. The monoisotopic (exact) mass is 262 g/mol. The molecule has 0 saturated heterocycles. The number of allylic oxidation sites excluding steroid dienone is 1. The number of carbonyl (C=O) groups is 1. The summed E-state index contributed by atoms with van der Waals surface area (Å²) in [6.45, 7) is 3.82. The molecule has 0 atom stereocenters. The SMILES string of the molecule is CCCC(O)=C(N=Nc1ccccc1)C(=O)OCC. The van der Waals surface area contributed by atoms with Crippen LogP contribution in [-0.4, -0.2) is 17.7 Å². The predicted octanol–water partition coefficient (Wildman–Crippen LogP) is 3.90. The Balaban J connectivity index is 2.95. The van der Waals surface area contributed by atoms with Gasteiger partial charge in [-0.2, -0.15) is 5.11 Å². The fourth-order valence-electron chi connectivity index (χ4n) is 1.37. The number of azo groups is 1. The van der Waals surface area contributed by atoms with Crippen LogP contribution < -0.4 is 0 Å². The van der Waals surface area contributed by atoms with Gasteiger partial charge in [0.15, 0.2) is 0 Å². The van der Waals surface area contributed by atoms with Crippen molar-refractivity contribution in [2.45, 2.75) is 26.7 Å². The number of hydrogen-bond donors (Lipinski definition) is 1. The van der Waals surface area contributed by atoms with Gasteiger partial charge in [-0.1, -0.05) is 25.1 Å². The van der Waals surface area contributed by atoms with Crippen molar-refractivity contribution in [1.82, 2.24) is 0 Å². The maximum atomic E-state index is 11.7. The van der Waals surface area contributed by atoms with Gasteiger partial charge in [-0.15, -0.1) is 5.11 Å². The highest BCUT2D eigenvalue weighted by atomic mass is 16.5. The van der Waals surface area contributed by atoms with Gasteiger partial charge < -0.3 is 9.84 Å². The first-order valence-corrected chi connectivity index (χ1v) is 6.25. The molecule has 0 unspecified atom stereocenters. The minimum absolute atomic E-state index is 0.0966. The molecule has 0 saturated carbocycles. The molecule has 5 heteroatoms. The molecule has 5 nitrogen and oxygen atoms in total. The number of carbonyl (C=O) groups excluding carboxylic acids is 1. The molecule has 0 aliphatic rings. The number of benzene rings is 1. The van der Waals surface area contributed by atoms with E-state index in [4.69, 9.17) is 4.74 Å². The van der Waals surface area contributed by atoms with Gasteiger partial charge in [0.05, 0.1) is 12.3 Å². The normalized spacial score (nSPS) is 12.3. The molecule has 19 heavy (non-hydrogen) atoms. The topological polar surface area (TPSA) is 71.2 Å². The molecule has 0 aromatic heterocycles. The van der Waals surface area contributed by atoms with Crippen molar-refractivity contribution >= 4 is 11.7 Å². The molecule has 1 rings (SSSR count). The van der Waals surface area contributed by atoms with Gasteiger partial charge in [0.25, 0.3) is 0 Å². The number of nitrogens with zero attached hydrogens (tertiary/aromatic N) is 2. The van der Waals surface area contributed by atoms with Gasteiger partial charge in [0, 0.05) is 6.42 Å². The smallest absolute Gasteiger partial charge is 0.362 e. The molecule has 0 aliphatic heterocycles. The van der Waals surface area contributed by atoms with E-state index in [9.17, 15) is 9.90 Å². The molecule has 0 spiro atoms. The third kappa shape index (κ3) is 4.91. The third-order valence-electron chi connectivity index (χ3n) is 2.25. The molecule has 0 radical (unpaired) electrons. The van der Waals surface area contributed by atoms with E-state index in [1.165, 1.54) is 0 Å². The van der Waals surface area contributed by atoms with E-state index in [0.717, 1.165) is 0 Å².